The Bertz CT molecular complexity index is 1100. The zero-order valence-corrected chi connectivity index (χ0v) is 17.5. The number of sulfonamides is 1. The predicted molar refractivity (Wildman–Crippen MR) is 104 cm³/mol. The van der Waals surface area contributed by atoms with Gasteiger partial charge in [0.15, 0.2) is 0 Å². The predicted octanol–water partition coefficient (Wildman–Crippen LogP) is 1.37. The number of carbonyl (C=O) groups is 1. The van der Waals surface area contributed by atoms with Gasteiger partial charge < -0.3 is 22.9 Å². The van der Waals surface area contributed by atoms with Gasteiger partial charge in [-0.15, -0.1) is 0 Å². The van der Waals surface area contributed by atoms with E-state index in [2.05, 4.69) is 25.4 Å². The number of carbonyl (C=O) groups excluding carboxylic acids is 1. The minimum atomic E-state index is -4.01. The van der Waals surface area contributed by atoms with Crippen LogP contribution in [0.15, 0.2) is 59.6 Å². The number of nitro groups is 1. The zero-order chi connectivity index (χ0) is 20.1. The summed E-state index contributed by atoms with van der Waals surface area (Å²) < 4.78 is 26.6. The molecule has 0 aliphatic heterocycles. The van der Waals surface area contributed by atoms with Gasteiger partial charge in [0.05, 0.1) is 16.4 Å². The SMILES string of the molecule is O=C(CNS(=O)(=O)c1ccc([N+](=O)[O-])cc1)Nc1ccccc1-c1c[n-]nn1.[CH3-].[Mn+2]. The summed E-state index contributed by atoms with van der Waals surface area (Å²) in [4.78, 5) is 22.0. The van der Waals surface area contributed by atoms with Crippen molar-refractivity contribution in [2.45, 2.75) is 4.90 Å². The number of nitrogens with zero attached hydrogens (tertiary/aromatic N) is 4. The average molecular weight is 471 g/mol. The van der Waals surface area contributed by atoms with Crippen molar-refractivity contribution in [1.82, 2.24) is 20.1 Å². The molecule has 1 amide bonds. The van der Waals surface area contributed by atoms with Crippen LogP contribution in [0, 0.1) is 17.5 Å². The van der Waals surface area contributed by atoms with E-state index in [9.17, 15) is 23.3 Å². The summed E-state index contributed by atoms with van der Waals surface area (Å²) in [5, 5.41) is 24.2. The summed E-state index contributed by atoms with van der Waals surface area (Å²) in [7, 11) is -4.01. The first-order valence-corrected chi connectivity index (χ1v) is 9.29. The van der Waals surface area contributed by atoms with Gasteiger partial charge >= 0.3 is 17.1 Å². The molecule has 11 nitrogen and oxygen atoms in total. The van der Waals surface area contributed by atoms with E-state index in [1.807, 2.05) is 0 Å². The van der Waals surface area contributed by atoms with Crippen molar-refractivity contribution in [3.05, 3.63) is 72.3 Å². The van der Waals surface area contributed by atoms with E-state index in [4.69, 9.17) is 0 Å². The molecule has 0 atom stereocenters. The molecule has 0 unspecified atom stereocenters. The number of anilines is 1. The second kappa shape index (κ2) is 10.6. The monoisotopic (exact) mass is 471 g/mol. The summed E-state index contributed by atoms with van der Waals surface area (Å²) in [6, 6.07) is 11.1. The largest absolute Gasteiger partial charge is 2.00 e. The van der Waals surface area contributed by atoms with Crippen molar-refractivity contribution in [1.29, 1.82) is 0 Å². The maximum absolute atomic E-state index is 12.2. The number of benzene rings is 2. The Morgan fingerprint density at radius 2 is 1.80 bits per heavy atom. The maximum atomic E-state index is 12.2. The average Bonchev–Trinajstić information content (AvgIpc) is 3.21. The number of nitrogens with one attached hydrogen (secondary N) is 2. The Kier molecular flexibility index (Phi) is 8.80. The first-order valence-electron chi connectivity index (χ1n) is 7.81. The van der Waals surface area contributed by atoms with Crippen molar-refractivity contribution in [3.63, 3.8) is 0 Å². The van der Waals surface area contributed by atoms with E-state index in [-0.39, 0.29) is 35.1 Å². The second-order valence-electron chi connectivity index (χ2n) is 5.49. The van der Waals surface area contributed by atoms with Gasteiger partial charge in [-0.3, -0.25) is 20.1 Å². The van der Waals surface area contributed by atoms with Crippen LogP contribution >= 0.6 is 0 Å². The summed E-state index contributed by atoms with van der Waals surface area (Å²) >= 11 is 0. The standard InChI is InChI=1S/C16H14N6O5S.CH3.Mn/c23-16(19-14-4-2-1-3-13(14)15-9-17-21-20-15)10-18-28(26,27)12-7-5-11(6-8-12)22(24)25;;/h1-9,18H,10H2,(H2,17,19,20,21,23);1H3;/q;-1;+2/p-1. The smallest absolute Gasteiger partial charge is 0.358 e. The Balaban J connectivity index is 0.00000225. The van der Waals surface area contributed by atoms with Crippen LogP contribution in [0.2, 0.25) is 0 Å². The number of non-ortho nitro benzene ring substituents is 1. The van der Waals surface area contributed by atoms with Crippen LogP contribution in [0.5, 0.6) is 0 Å². The molecule has 3 rings (SSSR count). The third-order valence-corrected chi connectivity index (χ3v) is 5.06. The number of rotatable bonds is 7. The normalized spacial score (nSPS) is 10.4. The first kappa shape index (κ1) is 24.9. The molecule has 13 heteroatoms. The number of nitro benzene ring substituents is 1. The van der Waals surface area contributed by atoms with Crippen molar-refractivity contribution in [2.75, 3.05) is 11.9 Å². The fourth-order valence-corrected chi connectivity index (χ4v) is 3.29. The Morgan fingerprint density at radius 3 is 2.40 bits per heavy atom. The molecule has 30 heavy (non-hydrogen) atoms. The van der Waals surface area contributed by atoms with Crippen molar-refractivity contribution in [2.24, 2.45) is 0 Å². The van der Waals surface area contributed by atoms with Crippen LogP contribution in [0.1, 0.15) is 0 Å². The van der Waals surface area contributed by atoms with Crippen LogP contribution in [-0.2, 0) is 31.9 Å². The molecule has 3 aromatic rings. The van der Waals surface area contributed by atoms with Crippen molar-refractivity contribution >= 4 is 27.3 Å². The van der Waals surface area contributed by atoms with Crippen molar-refractivity contribution in [3.8, 4) is 11.3 Å². The fraction of sp³-hybridized carbons (Fsp3) is 0.0588. The maximum Gasteiger partial charge on any atom is 2.00 e. The molecule has 1 aromatic heterocycles. The summed E-state index contributed by atoms with van der Waals surface area (Å²) in [6.07, 6.45) is 1.43. The van der Waals surface area contributed by atoms with Crippen molar-refractivity contribution < 1.29 is 35.2 Å². The van der Waals surface area contributed by atoms with Crippen LogP contribution in [0.3, 0.4) is 0 Å². The molecule has 157 valence electrons. The molecule has 0 saturated heterocycles. The van der Waals surface area contributed by atoms with E-state index in [0.29, 0.717) is 16.9 Å². The number of hydrogen-bond acceptors (Lipinski definition) is 7. The molecule has 2 aromatic carbocycles. The van der Waals surface area contributed by atoms with Gasteiger partial charge in [-0.25, -0.2) is 13.1 Å². The molecule has 1 heterocycles. The number of para-hydroxylation sites is 1. The third kappa shape index (κ3) is 5.94. The molecule has 0 saturated carbocycles. The van der Waals surface area contributed by atoms with Gasteiger partial charge in [0.1, 0.15) is 0 Å². The van der Waals surface area contributed by atoms with E-state index in [1.165, 1.54) is 6.20 Å². The fourth-order valence-electron chi connectivity index (χ4n) is 2.30. The molecule has 0 aliphatic rings. The number of amides is 1. The quantitative estimate of drug-likeness (QED) is 0.226. The van der Waals surface area contributed by atoms with Gasteiger partial charge in [-0.05, 0) is 23.9 Å². The van der Waals surface area contributed by atoms with E-state index in [0.717, 1.165) is 24.3 Å². The van der Waals surface area contributed by atoms with Gasteiger partial charge in [-0.2, -0.15) is 0 Å². The molecule has 0 bridgehead atoms. The van der Waals surface area contributed by atoms with E-state index >= 15 is 0 Å². The molecule has 0 fully saturated rings. The first-order chi connectivity index (χ1) is 13.4. The Morgan fingerprint density at radius 1 is 1.13 bits per heavy atom. The second-order valence-corrected chi connectivity index (χ2v) is 7.26. The topological polar surface area (TPSA) is 158 Å². The Labute approximate surface area is 183 Å². The molecule has 0 spiro atoms. The molecular formula is C17H16MnN6O5S. The molecule has 0 aliphatic carbocycles. The summed E-state index contributed by atoms with van der Waals surface area (Å²) in [6.45, 7) is -0.529. The molecule has 1 radical (unpaired) electrons. The molecular weight excluding hydrogens is 455 g/mol. The Hall–Kier alpha value is -3.12. The van der Waals surface area contributed by atoms with Gasteiger partial charge in [0, 0.05) is 23.4 Å². The van der Waals surface area contributed by atoms with Crippen LogP contribution in [-0.4, -0.2) is 36.1 Å². The number of aromatic nitrogens is 3. The summed E-state index contributed by atoms with van der Waals surface area (Å²) in [5.74, 6) is -0.606. The van der Waals surface area contributed by atoms with Crippen LogP contribution in [0.4, 0.5) is 11.4 Å². The van der Waals surface area contributed by atoms with Crippen LogP contribution < -0.4 is 15.1 Å². The van der Waals surface area contributed by atoms with E-state index in [1.54, 1.807) is 24.3 Å². The van der Waals surface area contributed by atoms with Gasteiger partial charge in [0.2, 0.25) is 15.9 Å². The zero-order valence-electron chi connectivity index (χ0n) is 15.5. The summed E-state index contributed by atoms with van der Waals surface area (Å²) in [5.41, 5.74) is 1.23. The van der Waals surface area contributed by atoms with E-state index < -0.39 is 27.4 Å². The van der Waals surface area contributed by atoms with Gasteiger partial charge in [0.25, 0.3) is 5.69 Å². The van der Waals surface area contributed by atoms with Crippen LogP contribution in [0.25, 0.3) is 11.3 Å². The minimum Gasteiger partial charge on any atom is -0.358 e. The minimum absolute atomic E-state index is 0. The van der Waals surface area contributed by atoms with Gasteiger partial charge in [-0.1, -0.05) is 24.4 Å². The number of hydrogen-bond donors (Lipinski definition) is 2. The third-order valence-electron chi connectivity index (χ3n) is 3.64. The molecule has 2 N–H and O–H groups in total.